The van der Waals surface area contributed by atoms with Gasteiger partial charge < -0.3 is 5.32 Å². The highest BCUT2D eigenvalue weighted by Crippen LogP contribution is 2.31. The molecular formula is C11H14ClNS. The summed E-state index contributed by atoms with van der Waals surface area (Å²) >= 11 is 7.95. The summed E-state index contributed by atoms with van der Waals surface area (Å²) in [7, 11) is 0. The zero-order valence-electron chi connectivity index (χ0n) is 8.22. The summed E-state index contributed by atoms with van der Waals surface area (Å²) in [5.41, 5.74) is 1.26. The predicted octanol–water partition coefficient (Wildman–Crippen LogP) is 3.49. The van der Waals surface area contributed by atoms with E-state index in [2.05, 4.69) is 23.7 Å². The third kappa shape index (κ3) is 2.08. The minimum absolute atomic E-state index is 0.467. The largest absolute Gasteiger partial charge is 0.310 e. The second-order valence-electron chi connectivity index (χ2n) is 3.54. The van der Waals surface area contributed by atoms with Crippen LogP contribution in [0.2, 0.25) is 5.02 Å². The average Bonchev–Trinajstić information content (AvgIpc) is 2.71. The lowest BCUT2D eigenvalue weighted by molar-refractivity contribution is 0.646. The Morgan fingerprint density at radius 1 is 1.50 bits per heavy atom. The van der Waals surface area contributed by atoms with Crippen molar-refractivity contribution in [2.45, 2.75) is 23.8 Å². The highest BCUT2D eigenvalue weighted by Gasteiger charge is 2.18. The molecule has 1 aliphatic rings. The number of halogens is 1. The van der Waals surface area contributed by atoms with E-state index in [9.17, 15) is 0 Å². The fourth-order valence-electron chi connectivity index (χ4n) is 1.87. The monoisotopic (exact) mass is 227 g/mol. The van der Waals surface area contributed by atoms with Crippen molar-refractivity contribution in [3.63, 3.8) is 0 Å². The molecule has 1 heterocycles. The molecule has 1 saturated heterocycles. The number of thioether (sulfide) groups is 1. The summed E-state index contributed by atoms with van der Waals surface area (Å²) in [5, 5.41) is 4.36. The first kappa shape index (κ1) is 10.3. The number of hydrogen-bond acceptors (Lipinski definition) is 2. The van der Waals surface area contributed by atoms with Crippen LogP contribution in [0.4, 0.5) is 0 Å². The van der Waals surface area contributed by atoms with Crippen LogP contribution in [0.1, 0.15) is 24.4 Å². The van der Waals surface area contributed by atoms with E-state index in [-0.39, 0.29) is 0 Å². The number of rotatable bonds is 2. The van der Waals surface area contributed by atoms with E-state index >= 15 is 0 Å². The van der Waals surface area contributed by atoms with Crippen molar-refractivity contribution in [3.8, 4) is 0 Å². The molecule has 0 aliphatic carbocycles. The van der Waals surface area contributed by atoms with Gasteiger partial charge >= 0.3 is 0 Å². The van der Waals surface area contributed by atoms with Gasteiger partial charge in [0.05, 0.1) is 0 Å². The molecule has 76 valence electrons. The van der Waals surface area contributed by atoms with Crippen molar-refractivity contribution >= 4 is 23.4 Å². The van der Waals surface area contributed by atoms with E-state index in [1.165, 1.54) is 23.3 Å². The SMILES string of the molecule is CSc1ccc(Cl)c(C2CCCN2)c1. The van der Waals surface area contributed by atoms with Crippen LogP contribution in [-0.4, -0.2) is 12.8 Å². The van der Waals surface area contributed by atoms with Gasteiger partial charge in [0, 0.05) is 16.0 Å². The summed E-state index contributed by atoms with van der Waals surface area (Å²) < 4.78 is 0. The van der Waals surface area contributed by atoms with E-state index < -0.39 is 0 Å². The fraction of sp³-hybridized carbons (Fsp3) is 0.455. The highest BCUT2D eigenvalue weighted by atomic mass is 35.5. The molecule has 1 unspecified atom stereocenters. The van der Waals surface area contributed by atoms with E-state index in [4.69, 9.17) is 11.6 Å². The van der Waals surface area contributed by atoms with Crippen molar-refractivity contribution < 1.29 is 0 Å². The summed E-state index contributed by atoms with van der Waals surface area (Å²) in [4.78, 5) is 1.29. The molecule has 0 radical (unpaired) electrons. The van der Waals surface area contributed by atoms with Gasteiger partial charge in [0.1, 0.15) is 0 Å². The second kappa shape index (κ2) is 4.56. The van der Waals surface area contributed by atoms with Crippen molar-refractivity contribution in [1.82, 2.24) is 5.32 Å². The molecule has 1 N–H and O–H groups in total. The summed E-state index contributed by atoms with van der Waals surface area (Å²) in [6.45, 7) is 1.12. The number of benzene rings is 1. The first-order chi connectivity index (χ1) is 6.81. The van der Waals surface area contributed by atoms with Gasteiger partial charge in [0.25, 0.3) is 0 Å². The molecule has 0 aromatic heterocycles. The van der Waals surface area contributed by atoms with Gasteiger partial charge in [-0.25, -0.2) is 0 Å². The van der Waals surface area contributed by atoms with E-state index in [1.54, 1.807) is 11.8 Å². The fourth-order valence-corrected chi connectivity index (χ4v) is 2.56. The molecule has 14 heavy (non-hydrogen) atoms. The molecule has 1 aromatic rings. The lowest BCUT2D eigenvalue weighted by Gasteiger charge is -2.13. The lowest BCUT2D eigenvalue weighted by atomic mass is 10.1. The lowest BCUT2D eigenvalue weighted by Crippen LogP contribution is -2.13. The van der Waals surface area contributed by atoms with Crippen LogP contribution >= 0.6 is 23.4 Å². The van der Waals surface area contributed by atoms with Gasteiger partial charge in [-0.05, 0) is 49.4 Å². The van der Waals surface area contributed by atoms with Gasteiger partial charge in [-0.1, -0.05) is 11.6 Å². The summed E-state index contributed by atoms with van der Waals surface area (Å²) in [6.07, 6.45) is 4.55. The quantitative estimate of drug-likeness (QED) is 0.777. The minimum Gasteiger partial charge on any atom is -0.310 e. The summed E-state index contributed by atoms with van der Waals surface area (Å²) in [6, 6.07) is 6.75. The predicted molar refractivity (Wildman–Crippen MR) is 63.2 cm³/mol. The molecular weight excluding hydrogens is 214 g/mol. The van der Waals surface area contributed by atoms with Gasteiger partial charge in [0.15, 0.2) is 0 Å². The topological polar surface area (TPSA) is 12.0 Å². The van der Waals surface area contributed by atoms with Crippen LogP contribution in [0.15, 0.2) is 23.1 Å². The maximum atomic E-state index is 6.18. The average molecular weight is 228 g/mol. The van der Waals surface area contributed by atoms with Gasteiger partial charge in [0.2, 0.25) is 0 Å². The maximum absolute atomic E-state index is 6.18. The number of hydrogen-bond donors (Lipinski definition) is 1. The Morgan fingerprint density at radius 2 is 2.36 bits per heavy atom. The normalized spacial score (nSPS) is 21.4. The molecule has 1 aliphatic heterocycles. The molecule has 0 bridgehead atoms. The van der Waals surface area contributed by atoms with Gasteiger partial charge in [-0.15, -0.1) is 11.8 Å². The molecule has 0 amide bonds. The second-order valence-corrected chi connectivity index (χ2v) is 4.82. The minimum atomic E-state index is 0.467. The maximum Gasteiger partial charge on any atom is 0.0454 e. The van der Waals surface area contributed by atoms with Gasteiger partial charge in [-0.3, -0.25) is 0 Å². The molecule has 0 spiro atoms. The Bertz CT molecular complexity index is 321. The Kier molecular flexibility index (Phi) is 3.37. The molecule has 2 rings (SSSR count). The van der Waals surface area contributed by atoms with Crippen LogP contribution in [-0.2, 0) is 0 Å². The molecule has 3 heteroatoms. The van der Waals surface area contributed by atoms with Crippen LogP contribution in [0, 0.1) is 0 Å². The van der Waals surface area contributed by atoms with Crippen molar-refractivity contribution in [2.75, 3.05) is 12.8 Å². The van der Waals surface area contributed by atoms with Crippen molar-refractivity contribution in [2.24, 2.45) is 0 Å². The standard InChI is InChI=1S/C11H14ClNS/c1-14-8-4-5-10(12)9(7-8)11-3-2-6-13-11/h4-5,7,11,13H,2-3,6H2,1H3. The molecule has 1 atom stereocenters. The molecule has 1 aromatic carbocycles. The third-order valence-electron chi connectivity index (χ3n) is 2.64. The zero-order valence-corrected chi connectivity index (χ0v) is 9.79. The first-order valence-corrected chi connectivity index (χ1v) is 6.48. The molecule has 0 saturated carbocycles. The Morgan fingerprint density at radius 3 is 3.00 bits per heavy atom. The van der Waals surface area contributed by atoms with Crippen molar-refractivity contribution in [3.05, 3.63) is 28.8 Å². The van der Waals surface area contributed by atoms with Crippen LogP contribution in [0.5, 0.6) is 0 Å². The Hall–Kier alpha value is -0.180. The van der Waals surface area contributed by atoms with E-state index in [0.717, 1.165) is 11.6 Å². The van der Waals surface area contributed by atoms with Crippen LogP contribution < -0.4 is 5.32 Å². The van der Waals surface area contributed by atoms with Crippen LogP contribution in [0.3, 0.4) is 0 Å². The smallest absolute Gasteiger partial charge is 0.0454 e. The third-order valence-corrected chi connectivity index (χ3v) is 3.71. The first-order valence-electron chi connectivity index (χ1n) is 4.88. The zero-order chi connectivity index (χ0) is 9.97. The van der Waals surface area contributed by atoms with Gasteiger partial charge in [-0.2, -0.15) is 0 Å². The van der Waals surface area contributed by atoms with Crippen molar-refractivity contribution in [1.29, 1.82) is 0 Å². The van der Waals surface area contributed by atoms with E-state index in [1.807, 2.05) is 6.07 Å². The molecule has 1 nitrogen and oxygen atoms in total. The highest BCUT2D eigenvalue weighted by molar-refractivity contribution is 7.98. The molecule has 1 fully saturated rings. The summed E-state index contributed by atoms with van der Waals surface area (Å²) in [5.74, 6) is 0. The Balaban J connectivity index is 2.29. The number of nitrogens with one attached hydrogen (secondary N) is 1. The Labute approximate surface area is 94.2 Å². The van der Waals surface area contributed by atoms with Crippen LogP contribution in [0.25, 0.3) is 0 Å². The van der Waals surface area contributed by atoms with E-state index in [0.29, 0.717) is 6.04 Å².